The summed E-state index contributed by atoms with van der Waals surface area (Å²) in [7, 11) is 0. The molecule has 2 aromatic rings. The fourth-order valence-corrected chi connectivity index (χ4v) is 3.18. The van der Waals surface area contributed by atoms with Crippen LogP contribution >= 0.6 is 0 Å². The summed E-state index contributed by atoms with van der Waals surface area (Å²) in [6, 6.07) is 6.43. The topological polar surface area (TPSA) is 64.2 Å². The molecule has 0 radical (unpaired) electrons. The Morgan fingerprint density at radius 2 is 2.00 bits per heavy atom. The number of nitrogens with two attached hydrogens (primary N) is 1. The summed E-state index contributed by atoms with van der Waals surface area (Å²) in [5.41, 5.74) is 7.54. The molecule has 23 heavy (non-hydrogen) atoms. The van der Waals surface area contributed by atoms with Crippen molar-refractivity contribution in [1.82, 2.24) is 14.7 Å². The van der Waals surface area contributed by atoms with Crippen LogP contribution in [0.3, 0.4) is 0 Å². The van der Waals surface area contributed by atoms with Crippen LogP contribution in [0, 0.1) is 17.7 Å². The molecule has 0 spiro atoms. The average Bonchev–Trinajstić information content (AvgIpc) is 3.08. The molecule has 1 aromatic carbocycles. The number of halogens is 1. The van der Waals surface area contributed by atoms with Crippen LogP contribution in [-0.2, 0) is 17.9 Å². The molecule has 1 aliphatic rings. The predicted octanol–water partition coefficient (Wildman–Crippen LogP) is 1.62. The smallest absolute Gasteiger partial charge is 0.222 e. The molecular formula is C17H21FN4O. The van der Waals surface area contributed by atoms with Crippen molar-refractivity contribution in [1.29, 1.82) is 0 Å². The highest BCUT2D eigenvalue weighted by molar-refractivity contribution is 5.77. The van der Waals surface area contributed by atoms with E-state index in [0.717, 1.165) is 24.2 Å². The van der Waals surface area contributed by atoms with E-state index < -0.39 is 0 Å². The van der Waals surface area contributed by atoms with Gasteiger partial charge in [0.1, 0.15) is 5.82 Å². The maximum absolute atomic E-state index is 12.9. The fraction of sp³-hybridized carbons (Fsp3) is 0.412. The third-order valence-electron chi connectivity index (χ3n) is 4.40. The van der Waals surface area contributed by atoms with Crippen molar-refractivity contribution in [2.24, 2.45) is 17.6 Å². The lowest BCUT2D eigenvalue weighted by molar-refractivity contribution is -0.122. The van der Waals surface area contributed by atoms with E-state index in [9.17, 15) is 9.18 Å². The van der Waals surface area contributed by atoms with E-state index in [-0.39, 0.29) is 17.6 Å². The molecular weight excluding hydrogens is 295 g/mol. The van der Waals surface area contributed by atoms with Crippen LogP contribution < -0.4 is 5.73 Å². The molecule has 5 nitrogen and oxygen atoms in total. The van der Waals surface area contributed by atoms with Gasteiger partial charge in [-0.15, -0.1) is 0 Å². The zero-order chi connectivity index (χ0) is 16.4. The molecule has 0 aliphatic carbocycles. The Hall–Kier alpha value is -2.21. The van der Waals surface area contributed by atoms with Crippen LogP contribution in [0.1, 0.15) is 18.1 Å². The Balaban J connectivity index is 1.59. The van der Waals surface area contributed by atoms with E-state index in [2.05, 4.69) is 16.9 Å². The quantitative estimate of drug-likeness (QED) is 0.912. The maximum Gasteiger partial charge on any atom is 0.222 e. The van der Waals surface area contributed by atoms with Crippen LogP contribution in [0.15, 0.2) is 36.7 Å². The molecule has 0 bridgehead atoms. The number of nitrogens with zero attached hydrogens (tertiary/aromatic N) is 3. The number of rotatable bonds is 5. The summed E-state index contributed by atoms with van der Waals surface area (Å²) in [5, 5.41) is 4.35. The van der Waals surface area contributed by atoms with E-state index in [1.165, 1.54) is 12.1 Å². The van der Waals surface area contributed by atoms with Gasteiger partial charge < -0.3 is 5.73 Å². The van der Waals surface area contributed by atoms with E-state index in [0.29, 0.717) is 19.0 Å². The van der Waals surface area contributed by atoms with Gasteiger partial charge in [0.2, 0.25) is 5.91 Å². The summed E-state index contributed by atoms with van der Waals surface area (Å²) >= 11 is 0. The highest BCUT2D eigenvalue weighted by atomic mass is 19.1. The summed E-state index contributed by atoms with van der Waals surface area (Å²) in [6.07, 6.45) is 3.83. The van der Waals surface area contributed by atoms with Crippen molar-refractivity contribution in [2.45, 2.75) is 20.0 Å². The largest absolute Gasteiger partial charge is 0.369 e. The van der Waals surface area contributed by atoms with Crippen molar-refractivity contribution in [3.63, 3.8) is 0 Å². The Bertz CT molecular complexity index is 682. The third kappa shape index (κ3) is 3.76. The zero-order valence-corrected chi connectivity index (χ0v) is 13.2. The lowest BCUT2D eigenvalue weighted by Crippen LogP contribution is -2.29. The summed E-state index contributed by atoms with van der Waals surface area (Å²) in [6.45, 7) is 5.02. The number of likely N-dealkylation sites (tertiary alicyclic amines) is 1. The summed E-state index contributed by atoms with van der Waals surface area (Å²) < 4.78 is 14.8. The van der Waals surface area contributed by atoms with Crippen LogP contribution in [0.2, 0.25) is 0 Å². The van der Waals surface area contributed by atoms with Gasteiger partial charge in [-0.2, -0.15) is 5.10 Å². The monoisotopic (exact) mass is 316 g/mol. The lowest BCUT2D eigenvalue weighted by Gasteiger charge is -2.13. The SMILES string of the molecule is C[C@@H]1CN(Cc2cnn(Cc3ccc(F)cc3)c2)C[C@H]1C(N)=O. The number of aromatic nitrogens is 2. The minimum absolute atomic E-state index is 0.0655. The van der Waals surface area contributed by atoms with Crippen molar-refractivity contribution in [3.8, 4) is 0 Å². The zero-order valence-electron chi connectivity index (χ0n) is 13.2. The number of benzene rings is 1. The number of hydrogen-bond acceptors (Lipinski definition) is 3. The van der Waals surface area contributed by atoms with Crippen molar-refractivity contribution >= 4 is 5.91 Å². The van der Waals surface area contributed by atoms with Gasteiger partial charge in [0.05, 0.1) is 18.7 Å². The minimum Gasteiger partial charge on any atom is -0.369 e. The Labute approximate surface area is 134 Å². The number of hydrogen-bond donors (Lipinski definition) is 1. The first kappa shape index (κ1) is 15.7. The van der Waals surface area contributed by atoms with Gasteiger partial charge in [-0.3, -0.25) is 14.4 Å². The standard InChI is InChI=1S/C17H21FN4O/c1-12-7-21(11-16(12)17(19)23)8-14-6-20-22(10-14)9-13-2-4-15(18)5-3-13/h2-6,10,12,16H,7-9,11H2,1H3,(H2,19,23)/t12-,16-/m1/s1. The molecule has 122 valence electrons. The minimum atomic E-state index is -0.234. The van der Waals surface area contributed by atoms with Gasteiger partial charge >= 0.3 is 0 Å². The molecule has 2 heterocycles. The Morgan fingerprint density at radius 3 is 2.65 bits per heavy atom. The molecule has 2 N–H and O–H groups in total. The molecule has 1 amide bonds. The van der Waals surface area contributed by atoms with Crippen LogP contribution in [-0.4, -0.2) is 33.7 Å². The lowest BCUT2D eigenvalue weighted by atomic mass is 9.98. The molecule has 1 fully saturated rings. The molecule has 1 aromatic heterocycles. The third-order valence-corrected chi connectivity index (χ3v) is 4.40. The molecule has 2 atom stereocenters. The van der Waals surface area contributed by atoms with Crippen molar-refractivity contribution in [2.75, 3.05) is 13.1 Å². The number of carbonyl (C=O) groups excluding carboxylic acids is 1. The van der Waals surface area contributed by atoms with Gasteiger partial charge in [-0.1, -0.05) is 19.1 Å². The second-order valence-corrected chi connectivity index (χ2v) is 6.35. The molecule has 0 unspecified atom stereocenters. The molecule has 1 saturated heterocycles. The second-order valence-electron chi connectivity index (χ2n) is 6.35. The Kier molecular flexibility index (Phi) is 4.43. The van der Waals surface area contributed by atoms with Crippen molar-refractivity contribution < 1.29 is 9.18 Å². The van der Waals surface area contributed by atoms with Gasteiger partial charge in [-0.05, 0) is 23.6 Å². The summed E-state index contributed by atoms with van der Waals surface area (Å²) in [4.78, 5) is 13.6. The van der Waals surface area contributed by atoms with E-state index >= 15 is 0 Å². The number of amides is 1. The second kappa shape index (κ2) is 6.50. The highest BCUT2D eigenvalue weighted by Gasteiger charge is 2.33. The first-order chi connectivity index (χ1) is 11.0. The fourth-order valence-electron chi connectivity index (χ4n) is 3.18. The van der Waals surface area contributed by atoms with Crippen molar-refractivity contribution in [3.05, 3.63) is 53.6 Å². The molecule has 3 rings (SSSR count). The average molecular weight is 316 g/mol. The van der Waals surface area contributed by atoms with Crippen LogP contribution in [0.5, 0.6) is 0 Å². The summed E-state index contributed by atoms with van der Waals surface area (Å²) in [5.74, 6) is -0.222. The number of primary amides is 1. The van der Waals surface area contributed by atoms with Gasteiger partial charge in [0, 0.05) is 31.4 Å². The van der Waals surface area contributed by atoms with Crippen LogP contribution in [0.4, 0.5) is 4.39 Å². The van der Waals surface area contributed by atoms with E-state index in [4.69, 9.17) is 5.73 Å². The molecule has 1 aliphatic heterocycles. The number of carbonyl (C=O) groups is 1. The molecule has 6 heteroatoms. The maximum atomic E-state index is 12.9. The Morgan fingerprint density at radius 1 is 1.26 bits per heavy atom. The van der Waals surface area contributed by atoms with E-state index in [1.807, 2.05) is 17.1 Å². The normalized spacial score (nSPS) is 21.7. The molecule has 0 saturated carbocycles. The predicted molar refractivity (Wildman–Crippen MR) is 84.9 cm³/mol. The first-order valence-corrected chi connectivity index (χ1v) is 7.78. The van der Waals surface area contributed by atoms with Gasteiger partial charge in [0.15, 0.2) is 0 Å². The first-order valence-electron chi connectivity index (χ1n) is 7.78. The highest BCUT2D eigenvalue weighted by Crippen LogP contribution is 2.24. The van der Waals surface area contributed by atoms with Gasteiger partial charge in [0.25, 0.3) is 0 Å². The van der Waals surface area contributed by atoms with Gasteiger partial charge in [-0.25, -0.2) is 4.39 Å². The van der Waals surface area contributed by atoms with Crippen LogP contribution in [0.25, 0.3) is 0 Å². The van der Waals surface area contributed by atoms with E-state index in [1.54, 1.807) is 12.1 Å².